The van der Waals surface area contributed by atoms with Gasteiger partial charge < -0.3 is 21.1 Å². The summed E-state index contributed by atoms with van der Waals surface area (Å²) in [6, 6.07) is 14.1. The molecular formula is C18H16ClN5O2. The van der Waals surface area contributed by atoms with Gasteiger partial charge in [0.15, 0.2) is 11.6 Å². The summed E-state index contributed by atoms with van der Waals surface area (Å²) in [7, 11) is 1.32. The summed E-state index contributed by atoms with van der Waals surface area (Å²) in [5, 5.41) is 6.74. The summed E-state index contributed by atoms with van der Waals surface area (Å²) < 4.78 is 4.79. The van der Waals surface area contributed by atoms with Crippen LogP contribution in [-0.4, -0.2) is 23.0 Å². The predicted octanol–water partition coefficient (Wildman–Crippen LogP) is 3.99. The monoisotopic (exact) mass is 369 g/mol. The number of nitrogens with zero attached hydrogens (tertiary/aromatic N) is 2. The van der Waals surface area contributed by atoms with E-state index >= 15 is 0 Å². The number of benzene rings is 2. The van der Waals surface area contributed by atoms with E-state index in [1.165, 1.54) is 13.4 Å². The van der Waals surface area contributed by atoms with E-state index < -0.39 is 5.97 Å². The Labute approximate surface area is 155 Å². The van der Waals surface area contributed by atoms with Crippen LogP contribution < -0.4 is 16.4 Å². The van der Waals surface area contributed by atoms with Crippen LogP contribution in [0, 0.1) is 0 Å². The maximum Gasteiger partial charge on any atom is 0.339 e. The lowest BCUT2D eigenvalue weighted by atomic mass is 10.2. The number of rotatable bonds is 5. The molecule has 0 radical (unpaired) electrons. The molecule has 8 heteroatoms. The molecule has 1 aromatic heterocycles. The molecule has 0 fully saturated rings. The van der Waals surface area contributed by atoms with Crippen LogP contribution in [0.4, 0.5) is 28.7 Å². The van der Waals surface area contributed by atoms with Gasteiger partial charge >= 0.3 is 5.97 Å². The van der Waals surface area contributed by atoms with Crippen LogP contribution in [0.3, 0.4) is 0 Å². The second-order valence-electron chi connectivity index (χ2n) is 5.28. The molecule has 0 atom stereocenters. The summed E-state index contributed by atoms with van der Waals surface area (Å²) in [5.74, 6) is 0.319. The van der Waals surface area contributed by atoms with Crippen molar-refractivity contribution in [2.45, 2.75) is 0 Å². The molecule has 0 spiro atoms. The Kier molecular flexibility index (Phi) is 5.19. The Balaban J connectivity index is 1.90. The first-order valence-electron chi connectivity index (χ1n) is 7.66. The van der Waals surface area contributed by atoms with E-state index in [9.17, 15) is 4.79 Å². The molecule has 0 bridgehead atoms. The molecule has 0 aliphatic rings. The molecule has 0 saturated heterocycles. The van der Waals surface area contributed by atoms with E-state index in [1.54, 1.807) is 36.4 Å². The van der Waals surface area contributed by atoms with Gasteiger partial charge in [-0.2, -0.15) is 0 Å². The van der Waals surface area contributed by atoms with Gasteiger partial charge in [-0.25, -0.2) is 14.8 Å². The highest BCUT2D eigenvalue weighted by Crippen LogP contribution is 2.30. The van der Waals surface area contributed by atoms with Crippen LogP contribution in [0.25, 0.3) is 0 Å². The molecule has 2 aromatic carbocycles. The van der Waals surface area contributed by atoms with Gasteiger partial charge in [0.25, 0.3) is 0 Å². The summed E-state index contributed by atoms with van der Waals surface area (Å²) in [5.41, 5.74) is 8.11. The van der Waals surface area contributed by atoms with Crippen molar-refractivity contribution in [2.24, 2.45) is 0 Å². The normalized spacial score (nSPS) is 10.2. The highest BCUT2D eigenvalue weighted by molar-refractivity contribution is 6.30. The van der Waals surface area contributed by atoms with Crippen molar-refractivity contribution in [1.29, 1.82) is 0 Å². The van der Waals surface area contributed by atoms with Gasteiger partial charge in [0.1, 0.15) is 12.0 Å². The van der Waals surface area contributed by atoms with Crippen LogP contribution in [0.2, 0.25) is 5.02 Å². The Morgan fingerprint density at radius 2 is 1.81 bits per heavy atom. The predicted molar refractivity (Wildman–Crippen MR) is 102 cm³/mol. The fourth-order valence-electron chi connectivity index (χ4n) is 2.31. The van der Waals surface area contributed by atoms with Crippen LogP contribution in [0.15, 0.2) is 54.9 Å². The lowest BCUT2D eigenvalue weighted by Gasteiger charge is -2.14. The van der Waals surface area contributed by atoms with Crippen molar-refractivity contribution >= 4 is 46.3 Å². The first-order valence-corrected chi connectivity index (χ1v) is 8.03. The topological polar surface area (TPSA) is 102 Å². The molecule has 0 amide bonds. The molecule has 0 aliphatic carbocycles. The number of nitrogens with two attached hydrogens (primary N) is 1. The number of nitrogens with one attached hydrogen (secondary N) is 2. The van der Waals surface area contributed by atoms with Gasteiger partial charge in [-0.15, -0.1) is 0 Å². The van der Waals surface area contributed by atoms with Crippen molar-refractivity contribution in [3.05, 3.63) is 65.4 Å². The minimum Gasteiger partial charge on any atom is -0.465 e. The van der Waals surface area contributed by atoms with Gasteiger partial charge in [-0.05, 0) is 30.3 Å². The summed E-state index contributed by atoms with van der Waals surface area (Å²) in [6.45, 7) is 0. The second-order valence-corrected chi connectivity index (χ2v) is 5.72. The SMILES string of the molecule is COC(=O)c1ccccc1Nc1ncnc(Nc2cccc(Cl)c2)c1N. The maximum absolute atomic E-state index is 11.9. The number of halogens is 1. The zero-order chi connectivity index (χ0) is 18.5. The van der Waals surface area contributed by atoms with E-state index in [1.807, 2.05) is 12.1 Å². The Bertz CT molecular complexity index is 948. The first-order chi connectivity index (χ1) is 12.6. The van der Waals surface area contributed by atoms with Gasteiger partial charge in [-0.1, -0.05) is 29.8 Å². The van der Waals surface area contributed by atoms with E-state index in [0.717, 1.165) is 5.69 Å². The highest BCUT2D eigenvalue weighted by Gasteiger charge is 2.14. The van der Waals surface area contributed by atoms with E-state index in [0.29, 0.717) is 33.6 Å². The number of nitrogen functional groups attached to an aromatic ring is 1. The zero-order valence-electron chi connectivity index (χ0n) is 13.9. The standard InChI is InChI=1S/C18H16ClN5O2/c1-26-18(25)13-7-2-3-8-14(13)24-17-15(20)16(21-10-22-17)23-12-6-4-5-11(19)9-12/h2-10H,20H2,1H3,(H2,21,22,23,24). The number of para-hydroxylation sites is 1. The first kappa shape index (κ1) is 17.5. The van der Waals surface area contributed by atoms with Gasteiger partial charge in [0.05, 0.1) is 18.4 Å². The third-order valence-corrected chi connectivity index (χ3v) is 3.79. The Hall–Kier alpha value is -3.32. The van der Waals surface area contributed by atoms with Crippen molar-refractivity contribution < 1.29 is 9.53 Å². The molecule has 0 saturated carbocycles. The molecule has 3 aromatic rings. The van der Waals surface area contributed by atoms with Crippen molar-refractivity contribution in [2.75, 3.05) is 23.5 Å². The Morgan fingerprint density at radius 1 is 1.08 bits per heavy atom. The Morgan fingerprint density at radius 3 is 2.54 bits per heavy atom. The number of methoxy groups -OCH3 is 1. The fraction of sp³-hybridized carbons (Fsp3) is 0.0556. The molecule has 0 aliphatic heterocycles. The number of esters is 1. The lowest BCUT2D eigenvalue weighted by molar-refractivity contribution is 0.0602. The maximum atomic E-state index is 11.9. The number of anilines is 5. The van der Waals surface area contributed by atoms with E-state index in [2.05, 4.69) is 20.6 Å². The zero-order valence-corrected chi connectivity index (χ0v) is 14.6. The highest BCUT2D eigenvalue weighted by atomic mass is 35.5. The van der Waals surface area contributed by atoms with Crippen LogP contribution in [-0.2, 0) is 4.74 Å². The quantitative estimate of drug-likeness (QED) is 0.584. The van der Waals surface area contributed by atoms with Crippen molar-refractivity contribution in [1.82, 2.24) is 9.97 Å². The largest absolute Gasteiger partial charge is 0.465 e. The van der Waals surface area contributed by atoms with Gasteiger partial charge in [0, 0.05) is 10.7 Å². The number of hydrogen-bond acceptors (Lipinski definition) is 7. The van der Waals surface area contributed by atoms with Crippen LogP contribution >= 0.6 is 11.6 Å². The van der Waals surface area contributed by atoms with Gasteiger partial charge in [-0.3, -0.25) is 0 Å². The second kappa shape index (κ2) is 7.71. The number of ether oxygens (including phenoxy) is 1. The lowest BCUT2D eigenvalue weighted by Crippen LogP contribution is -2.09. The summed E-state index contributed by atoms with van der Waals surface area (Å²) >= 11 is 5.99. The number of carbonyl (C=O) groups excluding carboxylic acids is 1. The average Bonchev–Trinajstić information content (AvgIpc) is 2.65. The molecule has 0 unspecified atom stereocenters. The third kappa shape index (κ3) is 3.84. The molecule has 132 valence electrons. The number of aromatic nitrogens is 2. The molecule has 26 heavy (non-hydrogen) atoms. The van der Waals surface area contributed by atoms with Gasteiger partial charge in [0.2, 0.25) is 0 Å². The molecule has 7 nitrogen and oxygen atoms in total. The number of hydrogen-bond donors (Lipinski definition) is 3. The van der Waals surface area contributed by atoms with Crippen molar-refractivity contribution in [3.63, 3.8) is 0 Å². The number of carbonyl (C=O) groups is 1. The summed E-state index contributed by atoms with van der Waals surface area (Å²) in [6.07, 6.45) is 1.37. The van der Waals surface area contributed by atoms with E-state index in [4.69, 9.17) is 22.1 Å². The minimum atomic E-state index is -0.460. The fourth-order valence-corrected chi connectivity index (χ4v) is 2.50. The molecule has 1 heterocycles. The van der Waals surface area contributed by atoms with E-state index in [-0.39, 0.29) is 0 Å². The molecular weight excluding hydrogens is 354 g/mol. The third-order valence-electron chi connectivity index (χ3n) is 3.56. The molecule has 3 rings (SSSR count). The van der Waals surface area contributed by atoms with Crippen LogP contribution in [0.5, 0.6) is 0 Å². The smallest absolute Gasteiger partial charge is 0.339 e. The molecule has 4 N–H and O–H groups in total. The average molecular weight is 370 g/mol. The van der Waals surface area contributed by atoms with Crippen molar-refractivity contribution in [3.8, 4) is 0 Å². The summed E-state index contributed by atoms with van der Waals surface area (Å²) in [4.78, 5) is 20.2. The minimum absolute atomic E-state index is 0.298. The van der Waals surface area contributed by atoms with Crippen LogP contribution in [0.1, 0.15) is 10.4 Å².